The van der Waals surface area contributed by atoms with E-state index in [0.29, 0.717) is 0 Å². The minimum atomic E-state index is 1.22. The van der Waals surface area contributed by atoms with Crippen LogP contribution in [-0.4, -0.2) is 0 Å². The molecule has 24 heavy (non-hydrogen) atoms. The topological polar surface area (TPSA) is 0 Å². The quantitative estimate of drug-likeness (QED) is 0.347. The van der Waals surface area contributed by atoms with Crippen LogP contribution in [0.5, 0.6) is 0 Å². The van der Waals surface area contributed by atoms with E-state index in [1.54, 1.807) is 17.2 Å². The van der Waals surface area contributed by atoms with E-state index in [-0.39, 0.29) is 0 Å². The van der Waals surface area contributed by atoms with Gasteiger partial charge in [-0.05, 0) is 65.0 Å². The van der Waals surface area contributed by atoms with Crippen molar-refractivity contribution >= 4 is 0 Å². The molecule has 146 valence electrons. The van der Waals surface area contributed by atoms with Crippen molar-refractivity contribution in [2.24, 2.45) is 0 Å². The summed E-state index contributed by atoms with van der Waals surface area (Å²) in [7, 11) is 0. The van der Waals surface area contributed by atoms with Gasteiger partial charge in [0, 0.05) is 0 Å². The molecular formula is C24H50. The van der Waals surface area contributed by atoms with Crippen molar-refractivity contribution in [3.8, 4) is 0 Å². The largest absolute Gasteiger partial charge is 0.103 e. The average molecular weight is 339 g/mol. The molecule has 0 heteroatoms. The molecule has 1 aliphatic rings. The summed E-state index contributed by atoms with van der Waals surface area (Å²) in [5.41, 5.74) is 7.18. The molecule has 0 aliphatic heterocycles. The third-order valence-corrected chi connectivity index (χ3v) is 2.72. The van der Waals surface area contributed by atoms with Crippen LogP contribution >= 0.6 is 0 Å². The molecule has 0 N–H and O–H groups in total. The van der Waals surface area contributed by atoms with Crippen molar-refractivity contribution in [1.82, 2.24) is 0 Å². The molecule has 0 heterocycles. The predicted molar refractivity (Wildman–Crippen MR) is 121 cm³/mol. The van der Waals surface area contributed by atoms with Crippen LogP contribution in [0, 0.1) is 0 Å². The van der Waals surface area contributed by atoms with Crippen LogP contribution in [0.1, 0.15) is 109 Å². The van der Waals surface area contributed by atoms with Gasteiger partial charge in [0.2, 0.25) is 0 Å². The van der Waals surface area contributed by atoms with E-state index in [4.69, 9.17) is 0 Å². The number of hydrogen-bond acceptors (Lipinski definition) is 0. The maximum Gasteiger partial charge on any atom is -0.0215 e. The van der Waals surface area contributed by atoms with E-state index in [1.165, 1.54) is 36.0 Å². The summed E-state index contributed by atoms with van der Waals surface area (Å²) in [4.78, 5) is 0. The first kappa shape index (κ1) is 34.3. The highest BCUT2D eigenvalue weighted by Gasteiger charge is 2.15. The Morgan fingerprint density at radius 2 is 1.17 bits per heavy atom. The molecule has 0 bridgehead atoms. The maximum absolute atomic E-state index is 4.06. The average Bonchev–Trinajstić information content (AvgIpc) is 3.01. The van der Waals surface area contributed by atoms with Gasteiger partial charge in [-0.15, -0.1) is 6.58 Å². The third kappa shape index (κ3) is 19.0. The number of hydrogen-bond donors (Lipinski definition) is 0. The second-order valence-electron chi connectivity index (χ2n) is 4.68. The fraction of sp³-hybridized carbons (Fsp3) is 0.667. The van der Waals surface area contributed by atoms with Gasteiger partial charge in [-0.2, -0.15) is 0 Å². The maximum atomic E-state index is 4.06. The highest BCUT2D eigenvalue weighted by Crippen LogP contribution is 2.35. The van der Waals surface area contributed by atoms with Crippen LogP contribution in [0.15, 0.2) is 47.1 Å². The Kier molecular flexibility index (Phi) is 42.8. The molecule has 0 aromatic rings. The van der Waals surface area contributed by atoms with Crippen LogP contribution in [-0.2, 0) is 0 Å². The summed E-state index contributed by atoms with van der Waals surface area (Å²) in [6, 6.07) is 0. The Morgan fingerprint density at radius 3 is 1.33 bits per heavy atom. The Balaban J connectivity index is -0.0000000924. The van der Waals surface area contributed by atoms with Gasteiger partial charge in [0.05, 0.1) is 0 Å². The molecule has 0 radical (unpaired) electrons. The first-order chi connectivity index (χ1) is 11.5. The summed E-state index contributed by atoms with van der Waals surface area (Å²) < 4.78 is 0. The highest BCUT2D eigenvalue weighted by molar-refractivity contribution is 5.50. The highest BCUT2D eigenvalue weighted by atomic mass is 14.2. The van der Waals surface area contributed by atoms with E-state index >= 15 is 0 Å². The molecule has 0 unspecified atom stereocenters. The van der Waals surface area contributed by atoms with Crippen LogP contribution < -0.4 is 0 Å². The minimum absolute atomic E-state index is 1.22. The summed E-state index contributed by atoms with van der Waals surface area (Å²) in [6.07, 6.45) is 5.60. The summed E-state index contributed by atoms with van der Waals surface area (Å²) in [5, 5.41) is 0. The zero-order valence-electron chi connectivity index (χ0n) is 19.6. The zero-order chi connectivity index (χ0) is 20.7. The first-order valence-corrected chi connectivity index (χ1v) is 10.0. The predicted octanol–water partition coefficient (Wildman–Crippen LogP) is 9.70. The standard InChI is InChI=1S/C13H20.C3H6.4C2H6/c1-9(2)13(10(3)4)12-8-6-7-11(12)5;1-3-2;4*1-2/h1,6-8H2,2-5H3;3H,1H2,2H3;4*1-2H3. The van der Waals surface area contributed by atoms with Crippen molar-refractivity contribution in [1.29, 1.82) is 0 Å². The van der Waals surface area contributed by atoms with Crippen LogP contribution in [0.25, 0.3) is 0 Å². The molecule has 0 spiro atoms. The molecule has 1 rings (SSSR count). The van der Waals surface area contributed by atoms with E-state index in [2.05, 4.69) is 40.9 Å². The molecule has 0 nitrogen and oxygen atoms in total. The number of allylic oxidation sites excluding steroid dienone is 6. The lowest BCUT2D eigenvalue weighted by molar-refractivity contribution is 0.894. The van der Waals surface area contributed by atoms with E-state index in [1.807, 2.05) is 62.3 Å². The van der Waals surface area contributed by atoms with Gasteiger partial charge in [-0.3, -0.25) is 0 Å². The summed E-state index contributed by atoms with van der Waals surface area (Å²) in [6.45, 7) is 34.1. The normalized spacial score (nSPS) is 10.4. The van der Waals surface area contributed by atoms with Crippen molar-refractivity contribution in [3.05, 3.63) is 47.1 Å². The summed E-state index contributed by atoms with van der Waals surface area (Å²) in [5.74, 6) is 0. The van der Waals surface area contributed by atoms with Crippen LogP contribution in [0.3, 0.4) is 0 Å². The van der Waals surface area contributed by atoms with E-state index in [9.17, 15) is 0 Å². The molecule has 0 saturated heterocycles. The molecule has 0 saturated carbocycles. The first-order valence-electron chi connectivity index (χ1n) is 10.0. The molecule has 0 atom stereocenters. The molecular weight excluding hydrogens is 288 g/mol. The molecule has 0 aromatic heterocycles. The van der Waals surface area contributed by atoms with Gasteiger partial charge in [0.15, 0.2) is 0 Å². The molecule has 0 aromatic carbocycles. The third-order valence-electron chi connectivity index (χ3n) is 2.72. The van der Waals surface area contributed by atoms with Gasteiger partial charge in [0.25, 0.3) is 0 Å². The fourth-order valence-corrected chi connectivity index (χ4v) is 2.22. The Labute approximate surface area is 156 Å². The fourth-order valence-electron chi connectivity index (χ4n) is 2.22. The Bertz CT molecular complexity index is 320. The van der Waals surface area contributed by atoms with Crippen LogP contribution in [0.4, 0.5) is 0 Å². The van der Waals surface area contributed by atoms with Gasteiger partial charge in [0.1, 0.15) is 0 Å². The minimum Gasteiger partial charge on any atom is -0.103 e. The zero-order valence-corrected chi connectivity index (χ0v) is 19.6. The smallest absolute Gasteiger partial charge is 0.0215 e. The lowest BCUT2D eigenvalue weighted by Crippen LogP contribution is -1.92. The van der Waals surface area contributed by atoms with Gasteiger partial charge < -0.3 is 0 Å². The van der Waals surface area contributed by atoms with Crippen molar-refractivity contribution in [2.75, 3.05) is 0 Å². The second-order valence-corrected chi connectivity index (χ2v) is 4.68. The van der Waals surface area contributed by atoms with Crippen molar-refractivity contribution < 1.29 is 0 Å². The molecule has 0 fully saturated rings. The lowest BCUT2D eigenvalue weighted by atomic mass is 9.93. The SMILES string of the molecule is C=C(C)C(=C(C)C)C1=C(C)CCC1.C=CC.CC.CC.CC.CC. The Hall–Kier alpha value is -1.04. The van der Waals surface area contributed by atoms with Gasteiger partial charge >= 0.3 is 0 Å². The monoisotopic (exact) mass is 338 g/mol. The van der Waals surface area contributed by atoms with Crippen molar-refractivity contribution in [2.45, 2.75) is 109 Å². The number of rotatable bonds is 2. The second kappa shape index (κ2) is 29.9. The van der Waals surface area contributed by atoms with Gasteiger partial charge in [-0.1, -0.05) is 84.8 Å². The molecule has 0 amide bonds. The van der Waals surface area contributed by atoms with E-state index in [0.717, 1.165) is 0 Å². The molecule has 1 aliphatic carbocycles. The van der Waals surface area contributed by atoms with Crippen LogP contribution in [0.2, 0.25) is 0 Å². The van der Waals surface area contributed by atoms with Gasteiger partial charge in [-0.25, -0.2) is 0 Å². The lowest BCUT2D eigenvalue weighted by Gasteiger charge is -2.12. The van der Waals surface area contributed by atoms with E-state index < -0.39 is 0 Å². The summed E-state index contributed by atoms with van der Waals surface area (Å²) >= 11 is 0. The Morgan fingerprint density at radius 1 is 0.833 bits per heavy atom. The van der Waals surface area contributed by atoms with Crippen molar-refractivity contribution in [3.63, 3.8) is 0 Å².